The summed E-state index contributed by atoms with van der Waals surface area (Å²) in [6, 6.07) is 37.5. The molecular weight excluding hydrogens is 446 g/mol. The number of carbonyl (C=O) groups is 1. The Bertz CT molecular complexity index is 1440. The van der Waals surface area contributed by atoms with Gasteiger partial charge in [-0.3, -0.25) is 0 Å². The molecule has 5 heteroatoms. The number of anilines is 1. The average molecular weight is 472 g/mol. The number of carboxylic acid groups (broad SMARTS) is 1. The van der Waals surface area contributed by atoms with E-state index in [1.54, 1.807) is 6.07 Å². The van der Waals surface area contributed by atoms with E-state index < -0.39 is 12.0 Å². The lowest BCUT2D eigenvalue weighted by molar-refractivity contribution is -0.137. The SMILES string of the molecule is O=C(O)C(Cc1ccccc1)Nc1cc(-c2ccc(-c3ccc(-c4ccccc4)cc3)cc2)ncn1. The molecule has 0 spiro atoms. The van der Waals surface area contributed by atoms with Gasteiger partial charge in [0.2, 0.25) is 0 Å². The second-order valence-electron chi connectivity index (χ2n) is 8.53. The predicted octanol–water partition coefficient (Wildman–Crippen LogP) is 6.59. The zero-order valence-electron chi connectivity index (χ0n) is 19.6. The van der Waals surface area contributed by atoms with Gasteiger partial charge in [0.25, 0.3) is 0 Å². The van der Waals surface area contributed by atoms with Crippen molar-refractivity contribution in [1.82, 2.24) is 9.97 Å². The Morgan fingerprint density at radius 3 is 1.72 bits per heavy atom. The molecule has 1 heterocycles. The molecule has 0 aliphatic heterocycles. The standard InChI is InChI=1S/C31H25N3O2/c35-31(36)29(19-22-7-3-1-4-8-22)34-30-20-28(32-21-33-30)27-17-15-26(16-18-27)25-13-11-24(12-14-25)23-9-5-2-6-10-23/h1-18,20-21,29H,19H2,(H,35,36)(H,32,33,34). The van der Waals surface area contributed by atoms with Crippen molar-refractivity contribution in [2.75, 3.05) is 5.32 Å². The molecule has 2 N–H and O–H groups in total. The lowest BCUT2D eigenvalue weighted by atomic mass is 9.99. The first-order valence-electron chi connectivity index (χ1n) is 11.8. The lowest BCUT2D eigenvalue weighted by Crippen LogP contribution is -2.31. The summed E-state index contributed by atoms with van der Waals surface area (Å²) in [7, 11) is 0. The quantitative estimate of drug-likeness (QED) is 0.267. The number of aromatic nitrogens is 2. The number of benzene rings is 4. The fourth-order valence-corrected chi connectivity index (χ4v) is 4.14. The van der Waals surface area contributed by atoms with Gasteiger partial charge in [-0.25, -0.2) is 14.8 Å². The summed E-state index contributed by atoms with van der Waals surface area (Å²) in [6.07, 6.45) is 1.81. The normalized spacial score (nSPS) is 11.6. The van der Waals surface area contributed by atoms with Crippen molar-refractivity contribution < 1.29 is 9.90 Å². The van der Waals surface area contributed by atoms with Crippen LogP contribution < -0.4 is 5.32 Å². The van der Waals surface area contributed by atoms with E-state index in [1.165, 1.54) is 17.5 Å². The van der Waals surface area contributed by atoms with Crippen LogP contribution in [0, 0.1) is 0 Å². The number of aliphatic carboxylic acids is 1. The summed E-state index contributed by atoms with van der Waals surface area (Å²) in [5, 5.41) is 12.7. The molecule has 0 aliphatic rings. The molecule has 1 aromatic heterocycles. The Hall–Kier alpha value is -4.77. The molecule has 5 nitrogen and oxygen atoms in total. The molecule has 0 fully saturated rings. The Balaban J connectivity index is 1.31. The van der Waals surface area contributed by atoms with Gasteiger partial charge in [-0.2, -0.15) is 0 Å². The van der Waals surface area contributed by atoms with E-state index in [9.17, 15) is 9.90 Å². The Labute approximate surface area is 210 Å². The van der Waals surface area contributed by atoms with E-state index in [-0.39, 0.29) is 0 Å². The topological polar surface area (TPSA) is 75.1 Å². The van der Waals surface area contributed by atoms with Crippen LogP contribution in [0.1, 0.15) is 5.56 Å². The molecule has 1 atom stereocenters. The number of nitrogens with one attached hydrogen (secondary N) is 1. The molecule has 1 unspecified atom stereocenters. The van der Waals surface area contributed by atoms with Gasteiger partial charge >= 0.3 is 5.97 Å². The minimum atomic E-state index is -0.929. The van der Waals surface area contributed by atoms with Crippen LogP contribution in [0.2, 0.25) is 0 Å². The molecule has 0 amide bonds. The summed E-state index contributed by atoms with van der Waals surface area (Å²) < 4.78 is 0. The van der Waals surface area contributed by atoms with E-state index in [4.69, 9.17) is 0 Å². The van der Waals surface area contributed by atoms with E-state index in [2.05, 4.69) is 63.8 Å². The first-order valence-corrected chi connectivity index (χ1v) is 11.8. The third kappa shape index (κ3) is 5.47. The largest absolute Gasteiger partial charge is 0.480 e. The minimum absolute atomic E-state index is 0.354. The van der Waals surface area contributed by atoms with Gasteiger partial charge < -0.3 is 10.4 Å². The Morgan fingerprint density at radius 1 is 0.667 bits per heavy atom. The van der Waals surface area contributed by atoms with Crippen molar-refractivity contribution in [2.45, 2.75) is 12.5 Å². The van der Waals surface area contributed by atoms with Crippen LogP contribution in [0.5, 0.6) is 0 Å². The van der Waals surface area contributed by atoms with Crippen molar-refractivity contribution >= 4 is 11.8 Å². The van der Waals surface area contributed by atoms with E-state index in [0.717, 1.165) is 27.9 Å². The zero-order valence-corrected chi connectivity index (χ0v) is 19.6. The fraction of sp³-hybridized carbons (Fsp3) is 0.0645. The van der Waals surface area contributed by atoms with Crippen LogP contribution in [0.4, 0.5) is 5.82 Å². The van der Waals surface area contributed by atoms with Gasteiger partial charge in [-0.05, 0) is 27.8 Å². The summed E-state index contributed by atoms with van der Waals surface area (Å²) in [6.45, 7) is 0. The smallest absolute Gasteiger partial charge is 0.326 e. The van der Waals surface area contributed by atoms with Crippen LogP contribution >= 0.6 is 0 Å². The van der Waals surface area contributed by atoms with Gasteiger partial charge in [-0.15, -0.1) is 0 Å². The Morgan fingerprint density at radius 2 is 1.17 bits per heavy atom. The van der Waals surface area contributed by atoms with Gasteiger partial charge in [-0.1, -0.05) is 109 Å². The molecule has 5 rings (SSSR count). The van der Waals surface area contributed by atoms with Crippen LogP contribution in [0.15, 0.2) is 122 Å². The molecule has 0 radical (unpaired) electrons. The third-order valence-electron chi connectivity index (χ3n) is 6.08. The fourth-order valence-electron chi connectivity index (χ4n) is 4.14. The second-order valence-corrected chi connectivity index (χ2v) is 8.53. The van der Waals surface area contributed by atoms with E-state index in [1.807, 2.05) is 60.7 Å². The number of hydrogen-bond donors (Lipinski definition) is 2. The molecule has 36 heavy (non-hydrogen) atoms. The molecule has 0 saturated heterocycles. The second kappa shape index (κ2) is 10.7. The van der Waals surface area contributed by atoms with Crippen molar-refractivity contribution in [3.05, 3.63) is 127 Å². The van der Waals surface area contributed by atoms with Crippen molar-refractivity contribution in [3.8, 4) is 33.5 Å². The maximum atomic E-state index is 11.8. The highest BCUT2D eigenvalue weighted by Gasteiger charge is 2.18. The molecule has 0 saturated carbocycles. The lowest BCUT2D eigenvalue weighted by Gasteiger charge is -2.15. The summed E-state index contributed by atoms with van der Waals surface area (Å²) in [5.41, 5.74) is 7.22. The average Bonchev–Trinajstić information content (AvgIpc) is 2.94. The number of rotatable bonds is 8. The van der Waals surface area contributed by atoms with Gasteiger partial charge in [0.1, 0.15) is 18.2 Å². The maximum absolute atomic E-state index is 11.8. The zero-order chi connectivity index (χ0) is 24.7. The molecule has 0 aliphatic carbocycles. The summed E-state index contributed by atoms with van der Waals surface area (Å²) >= 11 is 0. The number of hydrogen-bond acceptors (Lipinski definition) is 4. The van der Waals surface area contributed by atoms with Gasteiger partial charge in [0, 0.05) is 18.1 Å². The van der Waals surface area contributed by atoms with Crippen LogP contribution in [0.25, 0.3) is 33.5 Å². The minimum Gasteiger partial charge on any atom is -0.480 e. The number of nitrogens with zero attached hydrogens (tertiary/aromatic N) is 2. The van der Waals surface area contributed by atoms with Crippen LogP contribution in [-0.2, 0) is 11.2 Å². The van der Waals surface area contributed by atoms with Gasteiger partial charge in [0.15, 0.2) is 0 Å². The van der Waals surface area contributed by atoms with Crippen LogP contribution in [0.3, 0.4) is 0 Å². The van der Waals surface area contributed by atoms with Crippen molar-refractivity contribution in [1.29, 1.82) is 0 Å². The van der Waals surface area contributed by atoms with Crippen molar-refractivity contribution in [3.63, 3.8) is 0 Å². The Kier molecular flexibility index (Phi) is 6.81. The van der Waals surface area contributed by atoms with Gasteiger partial charge in [0.05, 0.1) is 5.69 Å². The van der Waals surface area contributed by atoms with E-state index in [0.29, 0.717) is 12.2 Å². The number of carboxylic acids is 1. The molecular formula is C31H25N3O2. The molecule has 4 aromatic carbocycles. The first-order chi connectivity index (χ1) is 17.7. The van der Waals surface area contributed by atoms with Crippen LogP contribution in [-0.4, -0.2) is 27.1 Å². The van der Waals surface area contributed by atoms with Crippen molar-refractivity contribution in [2.24, 2.45) is 0 Å². The molecule has 0 bridgehead atoms. The van der Waals surface area contributed by atoms with E-state index >= 15 is 0 Å². The third-order valence-corrected chi connectivity index (χ3v) is 6.08. The first kappa shape index (κ1) is 23.0. The highest BCUT2D eigenvalue weighted by atomic mass is 16.4. The highest BCUT2D eigenvalue weighted by molar-refractivity contribution is 5.78. The highest BCUT2D eigenvalue weighted by Crippen LogP contribution is 2.27. The maximum Gasteiger partial charge on any atom is 0.326 e. The summed E-state index contributed by atoms with van der Waals surface area (Å²) in [4.78, 5) is 20.5. The molecule has 176 valence electrons. The summed E-state index contributed by atoms with van der Waals surface area (Å²) in [5.74, 6) is -0.453. The monoisotopic (exact) mass is 471 g/mol. The predicted molar refractivity (Wildman–Crippen MR) is 144 cm³/mol. The molecule has 5 aromatic rings.